The van der Waals surface area contributed by atoms with Crippen LogP contribution in [0.5, 0.6) is 0 Å². The Kier molecular flexibility index (Phi) is 5.32. The summed E-state index contributed by atoms with van der Waals surface area (Å²) >= 11 is 1.65. The van der Waals surface area contributed by atoms with Crippen LogP contribution in [0.3, 0.4) is 0 Å². The van der Waals surface area contributed by atoms with Gasteiger partial charge in [-0.15, -0.1) is 11.3 Å². The summed E-state index contributed by atoms with van der Waals surface area (Å²) in [4.78, 5) is 25.6. The Morgan fingerprint density at radius 1 is 1.12 bits per heavy atom. The summed E-state index contributed by atoms with van der Waals surface area (Å²) in [5.74, 6) is -1.77. The highest BCUT2D eigenvalue weighted by Gasteiger charge is 2.19. The predicted molar refractivity (Wildman–Crippen MR) is 98.3 cm³/mol. The number of aromatic nitrogens is 1. The van der Waals surface area contributed by atoms with Crippen molar-refractivity contribution < 1.29 is 18.7 Å². The molecule has 0 bridgehead atoms. The Morgan fingerprint density at radius 2 is 1.88 bits per heavy atom. The van der Waals surface area contributed by atoms with Crippen molar-refractivity contribution in [3.8, 4) is 0 Å². The van der Waals surface area contributed by atoms with E-state index < -0.39 is 24.2 Å². The molecular weight excluding hydrogens is 353 g/mol. The van der Waals surface area contributed by atoms with Crippen molar-refractivity contribution in [2.45, 2.75) is 20.4 Å². The third-order valence-electron chi connectivity index (χ3n) is 4.20. The number of hydrogen-bond acceptors (Lipinski definition) is 4. The fraction of sp³-hybridized carbons (Fsp3) is 0.200. The maximum atomic E-state index is 13.6. The SMILES string of the molecule is Cc1cc(C(=O)OCC(=O)c2ccccc2F)c(C)n1Cc1cccs1. The number of rotatable bonds is 6. The minimum Gasteiger partial charge on any atom is -0.454 e. The van der Waals surface area contributed by atoms with Gasteiger partial charge in [-0.3, -0.25) is 4.79 Å². The monoisotopic (exact) mass is 371 g/mol. The van der Waals surface area contributed by atoms with Gasteiger partial charge in [0.15, 0.2) is 6.61 Å². The molecule has 0 amide bonds. The van der Waals surface area contributed by atoms with Crippen molar-refractivity contribution in [1.29, 1.82) is 0 Å². The van der Waals surface area contributed by atoms with Gasteiger partial charge in [0.25, 0.3) is 0 Å². The molecule has 6 heteroatoms. The molecule has 0 atom stereocenters. The molecule has 1 aromatic carbocycles. The van der Waals surface area contributed by atoms with Gasteiger partial charge >= 0.3 is 5.97 Å². The van der Waals surface area contributed by atoms with E-state index >= 15 is 0 Å². The van der Waals surface area contributed by atoms with Crippen molar-refractivity contribution >= 4 is 23.1 Å². The zero-order valence-corrected chi connectivity index (χ0v) is 15.3. The van der Waals surface area contributed by atoms with Crippen LogP contribution in [-0.4, -0.2) is 22.9 Å². The average molecular weight is 371 g/mol. The third kappa shape index (κ3) is 3.75. The van der Waals surface area contributed by atoms with Gasteiger partial charge in [-0.25, -0.2) is 9.18 Å². The van der Waals surface area contributed by atoms with E-state index in [4.69, 9.17) is 4.74 Å². The maximum absolute atomic E-state index is 13.6. The first-order valence-corrected chi connectivity index (χ1v) is 8.99. The first-order valence-electron chi connectivity index (χ1n) is 8.11. The molecule has 0 unspecified atom stereocenters. The van der Waals surface area contributed by atoms with Crippen LogP contribution >= 0.6 is 11.3 Å². The lowest BCUT2D eigenvalue weighted by molar-refractivity contribution is 0.0472. The number of esters is 1. The van der Waals surface area contributed by atoms with E-state index in [2.05, 4.69) is 0 Å². The number of aryl methyl sites for hydroxylation is 1. The van der Waals surface area contributed by atoms with Crippen LogP contribution in [0.4, 0.5) is 4.39 Å². The van der Waals surface area contributed by atoms with Crippen LogP contribution < -0.4 is 0 Å². The van der Waals surface area contributed by atoms with Gasteiger partial charge < -0.3 is 9.30 Å². The predicted octanol–water partition coefficient (Wildman–Crippen LogP) is 4.39. The third-order valence-corrected chi connectivity index (χ3v) is 5.06. The van der Waals surface area contributed by atoms with E-state index in [9.17, 15) is 14.0 Å². The molecule has 3 aromatic rings. The molecule has 2 heterocycles. The summed E-state index contributed by atoms with van der Waals surface area (Å²) in [6, 6.07) is 11.4. The van der Waals surface area contributed by atoms with Gasteiger partial charge in [0.1, 0.15) is 5.82 Å². The molecule has 0 fully saturated rings. The molecule has 2 aromatic heterocycles. The summed E-state index contributed by atoms with van der Waals surface area (Å²) in [5, 5.41) is 2.01. The minimum atomic E-state index is -0.623. The Balaban J connectivity index is 1.70. The normalized spacial score (nSPS) is 10.7. The number of Topliss-reactive ketones (excluding diaryl/α,β-unsaturated/α-hetero) is 1. The van der Waals surface area contributed by atoms with Gasteiger partial charge in [-0.2, -0.15) is 0 Å². The van der Waals surface area contributed by atoms with Crippen molar-refractivity contribution in [2.24, 2.45) is 0 Å². The first kappa shape index (κ1) is 18.1. The summed E-state index contributed by atoms with van der Waals surface area (Å²) < 4.78 is 20.8. The second-order valence-corrected chi connectivity index (χ2v) is 6.96. The van der Waals surface area contributed by atoms with Gasteiger partial charge in [0.2, 0.25) is 5.78 Å². The lowest BCUT2D eigenvalue weighted by Crippen LogP contribution is -2.16. The van der Waals surface area contributed by atoms with E-state index in [-0.39, 0.29) is 5.56 Å². The largest absolute Gasteiger partial charge is 0.454 e. The van der Waals surface area contributed by atoms with E-state index in [0.717, 1.165) is 11.4 Å². The molecule has 0 aliphatic rings. The second kappa shape index (κ2) is 7.66. The maximum Gasteiger partial charge on any atom is 0.340 e. The highest BCUT2D eigenvalue weighted by atomic mass is 32.1. The smallest absolute Gasteiger partial charge is 0.340 e. The number of carbonyl (C=O) groups is 2. The lowest BCUT2D eigenvalue weighted by Gasteiger charge is -2.08. The fourth-order valence-corrected chi connectivity index (χ4v) is 3.48. The van der Waals surface area contributed by atoms with Crippen LogP contribution in [-0.2, 0) is 11.3 Å². The number of ether oxygens (including phenoxy) is 1. The summed E-state index contributed by atoms with van der Waals surface area (Å²) in [6.07, 6.45) is 0. The highest BCUT2D eigenvalue weighted by Crippen LogP contribution is 2.20. The van der Waals surface area contributed by atoms with Gasteiger partial charge in [0.05, 0.1) is 17.7 Å². The number of benzene rings is 1. The van der Waals surface area contributed by atoms with Crippen molar-refractivity contribution in [2.75, 3.05) is 6.61 Å². The fourth-order valence-electron chi connectivity index (χ4n) is 2.78. The van der Waals surface area contributed by atoms with E-state index in [1.807, 2.05) is 35.9 Å². The molecule has 0 radical (unpaired) electrons. The van der Waals surface area contributed by atoms with Gasteiger partial charge in [-0.1, -0.05) is 18.2 Å². The molecule has 26 heavy (non-hydrogen) atoms. The van der Waals surface area contributed by atoms with Gasteiger partial charge in [-0.05, 0) is 43.5 Å². The number of nitrogens with zero attached hydrogens (tertiary/aromatic N) is 1. The zero-order valence-electron chi connectivity index (χ0n) is 14.5. The quantitative estimate of drug-likeness (QED) is 0.477. The molecule has 0 N–H and O–H groups in total. The zero-order chi connectivity index (χ0) is 18.7. The number of thiophene rings is 1. The highest BCUT2D eigenvalue weighted by molar-refractivity contribution is 7.09. The summed E-state index contributed by atoms with van der Waals surface area (Å²) in [7, 11) is 0. The molecule has 0 saturated carbocycles. The van der Waals surface area contributed by atoms with Crippen molar-refractivity contribution in [1.82, 2.24) is 4.57 Å². The molecule has 0 saturated heterocycles. The topological polar surface area (TPSA) is 48.3 Å². The van der Waals surface area contributed by atoms with Crippen molar-refractivity contribution in [3.63, 3.8) is 0 Å². The standard InChI is InChI=1S/C20H18FNO3S/c1-13-10-17(14(2)22(13)11-15-6-5-9-26-15)20(24)25-12-19(23)16-7-3-4-8-18(16)21/h3-10H,11-12H2,1-2H3. The second-order valence-electron chi connectivity index (χ2n) is 5.93. The number of halogens is 1. The molecule has 3 rings (SSSR count). The lowest BCUT2D eigenvalue weighted by atomic mass is 10.1. The Hall–Kier alpha value is -2.73. The van der Waals surface area contributed by atoms with Crippen LogP contribution in [0.15, 0.2) is 47.8 Å². The molecular formula is C20H18FNO3S. The Bertz CT molecular complexity index is 944. The molecule has 4 nitrogen and oxygen atoms in total. The van der Waals surface area contributed by atoms with Crippen LogP contribution in [0, 0.1) is 19.7 Å². The van der Waals surface area contributed by atoms with Crippen LogP contribution in [0.2, 0.25) is 0 Å². The number of hydrogen-bond donors (Lipinski definition) is 0. The van der Waals surface area contributed by atoms with E-state index in [1.165, 1.54) is 23.1 Å². The van der Waals surface area contributed by atoms with E-state index in [1.54, 1.807) is 23.5 Å². The molecule has 0 aliphatic heterocycles. The molecule has 0 spiro atoms. The van der Waals surface area contributed by atoms with E-state index in [0.29, 0.717) is 12.1 Å². The number of ketones is 1. The molecule has 134 valence electrons. The molecule has 0 aliphatic carbocycles. The number of carbonyl (C=O) groups excluding carboxylic acids is 2. The minimum absolute atomic E-state index is 0.0801. The van der Waals surface area contributed by atoms with Crippen LogP contribution in [0.25, 0.3) is 0 Å². The first-order chi connectivity index (χ1) is 12.5. The Labute approximate surface area is 154 Å². The summed E-state index contributed by atoms with van der Waals surface area (Å²) in [6.45, 7) is 3.95. The summed E-state index contributed by atoms with van der Waals surface area (Å²) in [5.41, 5.74) is 2.05. The van der Waals surface area contributed by atoms with Crippen LogP contribution in [0.1, 0.15) is 37.0 Å². The van der Waals surface area contributed by atoms with Gasteiger partial charge in [0, 0.05) is 16.3 Å². The average Bonchev–Trinajstić information content (AvgIpc) is 3.23. The van der Waals surface area contributed by atoms with Crippen molar-refractivity contribution in [3.05, 3.63) is 81.1 Å². The Morgan fingerprint density at radius 3 is 2.58 bits per heavy atom.